The molecule has 0 spiro atoms. The zero-order valence-electron chi connectivity index (χ0n) is 12.9. The summed E-state index contributed by atoms with van der Waals surface area (Å²) in [6, 6.07) is 11.9. The van der Waals surface area contributed by atoms with E-state index in [-0.39, 0.29) is 10.8 Å². The Labute approximate surface area is 140 Å². The average molecular weight is 349 g/mol. The molecule has 122 valence electrons. The van der Waals surface area contributed by atoms with Gasteiger partial charge >= 0.3 is 0 Å². The lowest BCUT2D eigenvalue weighted by Gasteiger charge is -2.35. The van der Waals surface area contributed by atoms with E-state index in [4.69, 9.17) is 0 Å². The summed E-state index contributed by atoms with van der Waals surface area (Å²) in [4.78, 5) is 12.3. The number of rotatable bonds is 5. The van der Waals surface area contributed by atoms with E-state index in [0.29, 0.717) is 23.3 Å². The lowest BCUT2D eigenvalue weighted by Crippen LogP contribution is -2.26. The number of hydrogen-bond acceptors (Lipinski definition) is 4. The predicted molar refractivity (Wildman–Crippen MR) is 92.6 cm³/mol. The molecule has 1 aliphatic carbocycles. The van der Waals surface area contributed by atoms with Gasteiger partial charge in [-0.3, -0.25) is 4.79 Å². The molecule has 1 aliphatic rings. The van der Waals surface area contributed by atoms with Gasteiger partial charge in [0.05, 0.1) is 0 Å². The van der Waals surface area contributed by atoms with Crippen molar-refractivity contribution in [3.63, 3.8) is 0 Å². The van der Waals surface area contributed by atoms with Crippen molar-refractivity contribution in [3.05, 3.63) is 47.3 Å². The Morgan fingerprint density at radius 2 is 1.91 bits per heavy atom. The Morgan fingerprint density at radius 3 is 2.57 bits per heavy atom. The normalized spacial score (nSPS) is 20.7. The third-order valence-corrected chi connectivity index (χ3v) is 6.36. The smallest absolute Gasteiger partial charge is 0.225 e. The molecule has 6 heteroatoms. The summed E-state index contributed by atoms with van der Waals surface area (Å²) < 4.78 is 23.3. The highest BCUT2D eigenvalue weighted by molar-refractivity contribution is 7.91. The second-order valence-electron chi connectivity index (χ2n) is 6.08. The first-order valence-electron chi connectivity index (χ1n) is 7.56. The van der Waals surface area contributed by atoms with Crippen molar-refractivity contribution in [1.82, 2.24) is 0 Å². The van der Waals surface area contributed by atoms with Gasteiger partial charge in [0.2, 0.25) is 5.91 Å². The highest BCUT2D eigenvalue weighted by Crippen LogP contribution is 2.43. The average Bonchev–Trinajstić information content (AvgIpc) is 2.91. The summed E-state index contributed by atoms with van der Waals surface area (Å²) in [5.41, 5.74) is 1.33. The minimum atomic E-state index is -3.30. The quantitative estimate of drug-likeness (QED) is 0.896. The Balaban J connectivity index is 1.53. The van der Waals surface area contributed by atoms with Crippen molar-refractivity contribution in [1.29, 1.82) is 0 Å². The molecule has 1 heterocycles. The molecular weight excluding hydrogens is 330 g/mol. The van der Waals surface area contributed by atoms with Crippen LogP contribution in [-0.4, -0.2) is 20.6 Å². The highest BCUT2D eigenvalue weighted by atomic mass is 32.2. The van der Waals surface area contributed by atoms with E-state index in [1.54, 1.807) is 5.38 Å². The molecule has 0 bridgehead atoms. The van der Waals surface area contributed by atoms with Crippen molar-refractivity contribution >= 4 is 32.1 Å². The number of benzene rings is 1. The number of hydrogen-bond donors (Lipinski definition) is 1. The molecule has 2 aromatic rings. The van der Waals surface area contributed by atoms with Crippen molar-refractivity contribution in [2.24, 2.45) is 5.92 Å². The minimum Gasteiger partial charge on any atom is -0.317 e. The summed E-state index contributed by atoms with van der Waals surface area (Å²) >= 11 is 1.24. The topological polar surface area (TPSA) is 63.2 Å². The van der Waals surface area contributed by atoms with Crippen molar-refractivity contribution in [3.8, 4) is 0 Å². The number of sulfone groups is 1. The van der Waals surface area contributed by atoms with Crippen molar-refractivity contribution < 1.29 is 13.2 Å². The van der Waals surface area contributed by atoms with E-state index in [9.17, 15) is 13.2 Å². The van der Waals surface area contributed by atoms with Crippen LogP contribution in [0.25, 0.3) is 0 Å². The summed E-state index contributed by atoms with van der Waals surface area (Å²) in [5, 5.41) is 4.86. The van der Waals surface area contributed by atoms with E-state index in [1.807, 2.05) is 18.2 Å². The van der Waals surface area contributed by atoms with Crippen LogP contribution < -0.4 is 5.32 Å². The number of nitrogens with one attached hydrogen (secondary N) is 1. The maximum Gasteiger partial charge on any atom is 0.225 e. The monoisotopic (exact) mass is 349 g/mol. The van der Waals surface area contributed by atoms with Crippen molar-refractivity contribution in [2.45, 2.75) is 30.1 Å². The second-order valence-corrected chi connectivity index (χ2v) is 8.98. The lowest BCUT2D eigenvalue weighted by atomic mass is 9.70. The molecule has 3 rings (SSSR count). The van der Waals surface area contributed by atoms with Crippen LogP contribution in [-0.2, 0) is 14.6 Å². The Morgan fingerprint density at radius 1 is 1.22 bits per heavy atom. The Bertz CT molecular complexity index is 790. The first-order chi connectivity index (χ1) is 10.9. The van der Waals surface area contributed by atoms with Crippen LogP contribution in [0.5, 0.6) is 0 Å². The van der Waals surface area contributed by atoms with Gasteiger partial charge in [-0.05, 0) is 41.7 Å². The van der Waals surface area contributed by atoms with Crippen LogP contribution in [0.1, 0.15) is 30.7 Å². The van der Waals surface area contributed by atoms with Gasteiger partial charge in [0.15, 0.2) is 9.84 Å². The van der Waals surface area contributed by atoms with Gasteiger partial charge in [-0.15, -0.1) is 11.3 Å². The number of carbonyl (C=O) groups excluding carboxylic acids is 1. The molecule has 0 aliphatic heterocycles. The summed E-state index contributed by atoms with van der Waals surface area (Å²) in [6.07, 6.45) is 3.63. The lowest BCUT2D eigenvalue weighted by molar-refractivity contribution is -0.117. The fourth-order valence-corrected chi connectivity index (χ4v) is 5.11. The maximum atomic E-state index is 12.1. The maximum absolute atomic E-state index is 12.1. The summed E-state index contributed by atoms with van der Waals surface area (Å²) in [6.45, 7) is 0. The molecule has 1 aromatic heterocycles. The number of anilines is 1. The molecule has 0 unspecified atom stereocenters. The van der Waals surface area contributed by atoms with Gasteiger partial charge in [0, 0.05) is 12.7 Å². The van der Waals surface area contributed by atoms with E-state index >= 15 is 0 Å². The second kappa shape index (κ2) is 6.45. The van der Waals surface area contributed by atoms with Crippen molar-refractivity contribution in [2.75, 3.05) is 11.6 Å². The molecule has 1 aromatic carbocycles. The molecular formula is C17H19NO3S2. The number of thiophene rings is 1. The SMILES string of the molecule is CS(=O)(=O)c1ccsc1NC(=O)CC1CC(c2ccccc2)C1. The molecule has 1 N–H and O–H groups in total. The molecule has 4 nitrogen and oxygen atoms in total. The number of amides is 1. The third kappa shape index (κ3) is 3.82. The highest BCUT2D eigenvalue weighted by Gasteiger charge is 2.31. The third-order valence-electron chi connectivity index (χ3n) is 4.26. The molecule has 1 fully saturated rings. The minimum absolute atomic E-state index is 0.103. The predicted octanol–water partition coefficient (Wildman–Crippen LogP) is 3.67. The van der Waals surface area contributed by atoms with Gasteiger partial charge in [-0.1, -0.05) is 30.3 Å². The van der Waals surface area contributed by atoms with Gasteiger partial charge in [0.1, 0.15) is 9.90 Å². The molecule has 0 atom stereocenters. The standard InChI is InChI=1S/C17H19NO3S2/c1-23(20,21)15-7-8-22-17(15)18-16(19)11-12-9-14(10-12)13-5-3-2-4-6-13/h2-8,12,14H,9-11H2,1H3,(H,18,19). The van der Waals surface area contributed by atoms with Crippen LogP contribution in [0.15, 0.2) is 46.7 Å². The Hall–Kier alpha value is -1.66. The first kappa shape index (κ1) is 16.2. The van der Waals surface area contributed by atoms with E-state index < -0.39 is 9.84 Å². The van der Waals surface area contributed by atoms with Gasteiger partial charge in [0.25, 0.3) is 0 Å². The van der Waals surface area contributed by atoms with Crippen LogP contribution >= 0.6 is 11.3 Å². The molecule has 0 saturated heterocycles. The van der Waals surface area contributed by atoms with Gasteiger partial charge in [-0.25, -0.2) is 8.42 Å². The van der Waals surface area contributed by atoms with Crippen LogP contribution in [0, 0.1) is 5.92 Å². The van der Waals surface area contributed by atoms with Crippen LogP contribution in [0.3, 0.4) is 0 Å². The first-order valence-corrected chi connectivity index (χ1v) is 10.3. The van der Waals surface area contributed by atoms with E-state index in [2.05, 4.69) is 17.4 Å². The van der Waals surface area contributed by atoms with Gasteiger partial charge < -0.3 is 5.32 Å². The largest absolute Gasteiger partial charge is 0.317 e. The zero-order chi connectivity index (χ0) is 16.4. The summed E-state index contributed by atoms with van der Waals surface area (Å²) in [7, 11) is -3.30. The zero-order valence-corrected chi connectivity index (χ0v) is 14.5. The molecule has 1 saturated carbocycles. The van der Waals surface area contributed by atoms with E-state index in [1.165, 1.54) is 23.0 Å². The fourth-order valence-electron chi connectivity index (χ4n) is 3.02. The molecule has 23 heavy (non-hydrogen) atoms. The fraction of sp³-hybridized carbons (Fsp3) is 0.353. The summed E-state index contributed by atoms with van der Waals surface area (Å²) in [5.74, 6) is 0.818. The van der Waals surface area contributed by atoms with Crippen LogP contribution in [0.2, 0.25) is 0 Å². The number of carbonyl (C=O) groups is 1. The Kier molecular flexibility index (Phi) is 4.55. The van der Waals surface area contributed by atoms with E-state index in [0.717, 1.165) is 19.1 Å². The van der Waals surface area contributed by atoms with Crippen LogP contribution in [0.4, 0.5) is 5.00 Å². The molecule has 1 amide bonds. The molecule has 0 radical (unpaired) electrons. The van der Waals surface area contributed by atoms with Gasteiger partial charge in [-0.2, -0.15) is 0 Å².